The molecule has 1 aromatic carbocycles. The first-order valence-corrected chi connectivity index (χ1v) is 9.46. The lowest BCUT2D eigenvalue weighted by molar-refractivity contribution is 0.102. The summed E-state index contributed by atoms with van der Waals surface area (Å²) in [5.41, 5.74) is 1.80. The predicted octanol–water partition coefficient (Wildman–Crippen LogP) is 3.88. The van der Waals surface area contributed by atoms with E-state index in [9.17, 15) is 4.79 Å². The third-order valence-electron chi connectivity index (χ3n) is 3.63. The number of nitrogens with one attached hydrogen (secondary N) is 1. The lowest BCUT2D eigenvalue weighted by Gasteiger charge is -2.20. The molecule has 1 amide bonds. The lowest BCUT2D eigenvalue weighted by atomic mass is 10.2. The highest BCUT2D eigenvalue weighted by molar-refractivity contribution is 7.99. The van der Waals surface area contributed by atoms with E-state index in [0.29, 0.717) is 15.9 Å². The summed E-state index contributed by atoms with van der Waals surface area (Å²) in [5.74, 6) is -0.0921. The molecule has 1 aliphatic heterocycles. The molecule has 0 fully saturated rings. The third kappa shape index (κ3) is 4.13. The van der Waals surface area contributed by atoms with Gasteiger partial charge in [-0.3, -0.25) is 10.1 Å². The number of nitrogens with zero attached hydrogens (tertiary/aromatic N) is 2. The Kier molecular flexibility index (Phi) is 5.04. The normalized spacial score (nSPS) is 14.8. The molecule has 0 unspecified atom stereocenters. The maximum Gasteiger partial charge on any atom is 0.257 e. The first-order valence-electron chi connectivity index (χ1n) is 7.76. The highest BCUT2D eigenvalue weighted by Crippen LogP contribution is 2.28. The topological polar surface area (TPSA) is 45.2 Å². The van der Waals surface area contributed by atoms with E-state index in [1.54, 1.807) is 23.1 Å². The molecule has 23 heavy (non-hydrogen) atoms. The molecule has 0 radical (unpaired) electrons. The summed E-state index contributed by atoms with van der Waals surface area (Å²) in [6.07, 6.45) is 0.958. The van der Waals surface area contributed by atoms with Crippen molar-refractivity contribution in [3.05, 3.63) is 40.4 Å². The molecule has 2 aromatic rings. The van der Waals surface area contributed by atoms with Gasteiger partial charge in [0.25, 0.3) is 5.91 Å². The Hall–Kier alpha value is -1.37. The number of amides is 1. The van der Waals surface area contributed by atoms with Gasteiger partial charge in [0.1, 0.15) is 0 Å². The van der Waals surface area contributed by atoms with Gasteiger partial charge in [0, 0.05) is 40.1 Å². The summed E-state index contributed by atoms with van der Waals surface area (Å²) in [6.45, 7) is 6.27. The van der Waals surface area contributed by atoms with Crippen LogP contribution in [0.2, 0.25) is 0 Å². The summed E-state index contributed by atoms with van der Waals surface area (Å²) < 4.78 is 0. The van der Waals surface area contributed by atoms with Crippen molar-refractivity contribution in [3.8, 4) is 0 Å². The van der Waals surface area contributed by atoms with Crippen molar-refractivity contribution in [2.75, 3.05) is 18.9 Å². The zero-order valence-electron chi connectivity index (χ0n) is 13.6. The van der Waals surface area contributed by atoms with E-state index in [1.165, 1.54) is 9.77 Å². The Balaban J connectivity index is 1.67. The van der Waals surface area contributed by atoms with Crippen molar-refractivity contribution in [2.24, 2.45) is 0 Å². The molecule has 0 atom stereocenters. The van der Waals surface area contributed by atoms with E-state index in [-0.39, 0.29) is 5.91 Å². The fraction of sp³-hybridized carbons (Fsp3) is 0.412. The van der Waals surface area contributed by atoms with Gasteiger partial charge < -0.3 is 4.90 Å². The molecule has 0 saturated carbocycles. The second kappa shape index (κ2) is 7.03. The molecule has 0 saturated heterocycles. The fourth-order valence-corrected chi connectivity index (χ4v) is 4.42. The number of carbonyl (C=O) groups excluding carboxylic acids is 1. The predicted molar refractivity (Wildman–Crippen MR) is 97.5 cm³/mol. The number of hydrogen-bond donors (Lipinski definition) is 1. The van der Waals surface area contributed by atoms with Crippen molar-refractivity contribution < 1.29 is 4.79 Å². The van der Waals surface area contributed by atoms with Crippen LogP contribution in [0.1, 0.15) is 34.8 Å². The molecule has 0 spiro atoms. The minimum Gasteiger partial charge on any atom is -0.301 e. The van der Waals surface area contributed by atoms with Crippen LogP contribution in [0.5, 0.6) is 0 Å². The molecule has 1 aliphatic rings. The van der Waals surface area contributed by atoms with E-state index in [2.05, 4.69) is 36.1 Å². The smallest absolute Gasteiger partial charge is 0.257 e. The average molecular weight is 348 g/mol. The monoisotopic (exact) mass is 347 g/mol. The summed E-state index contributed by atoms with van der Waals surface area (Å²) in [7, 11) is 2.11. The molecular formula is C17H21N3OS2. The first-order chi connectivity index (χ1) is 11.0. The van der Waals surface area contributed by atoms with Crippen LogP contribution in [0.15, 0.2) is 29.2 Å². The number of carbonyl (C=O) groups is 1. The van der Waals surface area contributed by atoms with Crippen molar-refractivity contribution in [1.29, 1.82) is 0 Å². The van der Waals surface area contributed by atoms with Crippen LogP contribution in [0.3, 0.4) is 0 Å². The highest BCUT2D eigenvalue weighted by atomic mass is 32.2. The van der Waals surface area contributed by atoms with Gasteiger partial charge in [-0.1, -0.05) is 13.8 Å². The number of likely N-dealkylation sites (N-methyl/N-ethyl adjacent to an activating group) is 1. The lowest BCUT2D eigenvalue weighted by Crippen LogP contribution is -2.25. The van der Waals surface area contributed by atoms with Crippen LogP contribution >= 0.6 is 23.1 Å². The number of thioether (sulfide) groups is 1. The van der Waals surface area contributed by atoms with Crippen LogP contribution in [0.25, 0.3) is 0 Å². The number of aromatic nitrogens is 1. The number of anilines is 1. The van der Waals surface area contributed by atoms with Crippen LogP contribution < -0.4 is 5.32 Å². The van der Waals surface area contributed by atoms with Gasteiger partial charge in [-0.25, -0.2) is 4.98 Å². The van der Waals surface area contributed by atoms with E-state index in [4.69, 9.17) is 0 Å². The van der Waals surface area contributed by atoms with E-state index in [0.717, 1.165) is 25.2 Å². The summed E-state index contributed by atoms with van der Waals surface area (Å²) in [6, 6.07) is 7.76. The standard InChI is InChI=1S/C17H21N3OS2/c1-11(2)22-13-6-4-12(5-7-13)16(21)19-17-18-14-8-9-20(3)10-15(14)23-17/h4-7,11H,8-10H2,1-3H3,(H,18,19,21). The molecule has 2 heterocycles. The number of thiazole rings is 1. The average Bonchev–Trinajstić information content (AvgIpc) is 2.88. The van der Waals surface area contributed by atoms with Crippen LogP contribution in [-0.2, 0) is 13.0 Å². The van der Waals surface area contributed by atoms with Crippen LogP contribution in [-0.4, -0.2) is 34.6 Å². The van der Waals surface area contributed by atoms with Crippen LogP contribution in [0.4, 0.5) is 5.13 Å². The van der Waals surface area contributed by atoms with Gasteiger partial charge >= 0.3 is 0 Å². The molecule has 3 rings (SSSR count). The Morgan fingerprint density at radius 1 is 1.35 bits per heavy atom. The number of benzene rings is 1. The van der Waals surface area contributed by atoms with Crippen LogP contribution in [0, 0.1) is 0 Å². The van der Waals surface area contributed by atoms with E-state index >= 15 is 0 Å². The molecule has 1 N–H and O–H groups in total. The molecule has 1 aromatic heterocycles. The minimum absolute atomic E-state index is 0.0921. The number of fused-ring (bicyclic) bond motifs is 1. The Morgan fingerprint density at radius 3 is 2.78 bits per heavy atom. The molecule has 0 bridgehead atoms. The van der Waals surface area contributed by atoms with E-state index in [1.807, 2.05) is 24.3 Å². The van der Waals surface area contributed by atoms with Crippen molar-refractivity contribution in [2.45, 2.75) is 37.0 Å². The van der Waals surface area contributed by atoms with Gasteiger partial charge in [-0.2, -0.15) is 0 Å². The molecule has 122 valence electrons. The quantitative estimate of drug-likeness (QED) is 0.853. The summed E-state index contributed by atoms with van der Waals surface area (Å²) in [4.78, 5) is 21.6. The molecule has 0 aliphatic carbocycles. The molecular weight excluding hydrogens is 326 g/mol. The van der Waals surface area contributed by atoms with Gasteiger partial charge in [0.2, 0.25) is 0 Å². The maximum atomic E-state index is 12.4. The summed E-state index contributed by atoms with van der Waals surface area (Å²) >= 11 is 3.38. The SMILES string of the molecule is CC(C)Sc1ccc(C(=O)Nc2nc3c(s2)CN(C)CC3)cc1. The first kappa shape index (κ1) is 16.5. The number of rotatable bonds is 4. The van der Waals surface area contributed by atoms with Crippen molar-refractivity contribution >= 4 is 34.1 Å². The zero-order valence-corrected chi connectivity index (χ0v) is 15.3. The second-order valence-electron chi connectivity index (χ2n) is 6.02. The zero-order chi connectivity index (χ0) is 16.4. The number of hydrogen-bond acceptors (Lipinski definition) is 5. The molecule has 6 heteroatoms. The van der Waals surface area contributed by atoms with Gasteiger partial charge in [0.05, 0.1) is 5.69 Å². The van der Waals surface area contributed by atoms with E-state index < -0.39 is 0 Å². The largest absolute Gasteiger partial charge is 0.301 e. The Labute approximate surface area is 145 Å². The minimum atomic E-state index is -0.0921. The van der Waals surface area contributed by atoms with Crippen molar-refractivity contribution in [3.63, 3.8) is 0 Å². The van der Waals surface area contributed by atoms with Gasteiger partial charge in [-0.05, 0) is 31.3 Å². The van der Waals surface area contributed by atoms with Gasteiger partial charge in [0.15, 0.2) is 5.13 Å². The maximum absolute atomic E-state index is 12.4. The van der Waals surface area contributed by atoms with Crippen molar-refractivity contribution in [1.82, 2.24) is 9.88 Å². The molecule has 4 nitrogen and oxygen atoms in total. The fourth-order valence-electron chi connectivity index (χ4n) is 2.50. The Bertz CT molecular complexity index is 694. The summed E-state index contributed by atoms with van der Waals surface area (Å²) in [5, 5.41) is 4.17. The second-order valence-corrected chi connectivity index (χ2v) is 8.76. The highest BCUT2D eigenvalue weighted by Gasteiger charge is 2.19. The van der Waals surface area contributed by atoms with Gasteiger partial charge in [-0.15, -0.1) is 23.1 Å². The Morgan fingerprint density at radius 2 is 2.09 bits per heavy atom. The third-order valence-corrected chi connectivity index (χ3v) is 5.64.